The average Bonchev–Trinajstić information content (AvgIpc) is 3.18. The molecule has 140 valence electrons. The van der Waals surface area contributed by atoms with Gasteiger partial charge in [0, 0.05) is 10.9 Å². The number of hydrogen-bond donors (Lipinski definition) is 1. The molecule has 1 N–H and O–H groups in total. The van der Waals surface area contributed by atoms with E-state index < -0.39 is 0 Å². The summed E-state index contributed by atoms with van der Waals surface area (Å²) >= 11 is 1.48. The third kappa shape index (κ3) is 4.77. The average molecular weight is 383 g/mol. The van der Waals surface area contributed by atoms with Gasteiger partial charge in [-0.15, -0.1) is 11.3 Å². The molecule has 2 aromatic carbocycles. The van der Waals surface area contributed by atoms with E-state index in [-0.39, 0.29) is 0 Å². The molecule has 0 unspecified atom stereocenters. The largest absolute Gasteiger partial charge is 0.494 e. The summed E-state index contributed by atoms with van der Waals surface area (Å²) in [7, 11) is 3.23. The monoisotopic (exact) mass is 383 g/mol. The molecule has 0 aliphatic rings. The molecule has 3 rings (SSSR count). The zero-order valence-corrected chi connectivity index (χ0v) is 16.2. The van der Waals surface area contributed by atoms with Gasteiger partial charge >= 0.3 is 0 Å². The lowest BCUT2D eigenvalue weighted by atomic mass is 10.1. The van der Waals surface area contributed by atoms with Crippen LogP contribution in [0.5, 0.6) is 17.2 Å². The first-order valence-corrected chi connectivity index (χ1v) is 9.31. The highest BCUT2D eigenvalue weighted by atomic mass is 32.1. The van der Waals surface area contributed by atoms with Crippen LogP contribution in [0.4, 0.5) is 5.13 Å². The van der Waals surface area contributed by atoms with Crippen LogP contribution in [-0.2, 0) is 0 Å². The van der Waals surface area contributed by atoms with Crippen molar-refractivity contribution in [3.63, 3.8) is 0 Å². The van der Waals surface area contributed by atoms with E-state index in [1.54, 1.807) is 20.4 Å². The first-order valence-electron chi connectivity index (χ1n) is 8.43. The Kier molecular flexibility index (Phi) is 6.27. The van der Waals surface area contributed by atoms with E-state index in [9.17, 15) is 0 Å². The molecule has 0 amide bonds. The highest BCUT2D eigenvalue weighted by molar-refractivity contribution is 7.14. The van der Waals surface area contributed by atoms with Gasteiger partial charge in [0.05, 0.1) is 32.7 Å². The van der Waals surface area contributed by atoms with Gasteiger partial charge in [0.15, 0.2) is 11.5 Å². The molecular weight excluding hydrogens is 362 g/mol. The number of methoxy groups -OCH3 is 2. The summed E-state index contributed by atoms with van der Waals surface area (Å²) in [5.74, 6) is 2.21. The van der Waals surface area contributed by atoms with Crippen molar-refractivity contribution in [1.82, 2.24) is 4.98 Å². The van der Waals surface area contributed by atoms with Gasteiger partial charge in [-0.05, 0) is 55.0 Å². The highest BCUT2D eigenvalue weighted by Crippen LogP contribution is 2.33. The Labute approximate surface area is 162 Å². The molecule has 0 aliphatic heterocycles. The number of rotatable bonds is 8. The maximum atomic E-state index is 5.43. The number of hydrogen-bond acceptors (Lipinski definition) is 7. The lowest BCUT2D eigenvalue weighted by molar-refractivity contribution is 0.340. The second kappa shape index (κ2) is 9.05. The molecule has 6 nitrogen and oxygen atoms in total. The Morgan fingerprint density at radius 1 is 1.07 bits per heavy atom. The molecular formula is C20H21N3O3S. The van der Waals surface area contributed by atoms with Crippen LogP contribution in [0, 0.1) is 0 Å². The number of hydrazone groups is 1. The van der Waals surface area contributed by atoms with Crippen LogP contribution < -0.4 is 19.6 Å². The van der Waals surface area contributed by atoms with E-state index in [1.807, 2.05) is 54.8 Å². The van der Waals surface area contributed by atoms with Crippen LogP contribution in [0.15, 0.2) is 52.9 Å². The van der Waals surface area contributed by atoms with Gasteiger partial charge in [0.2, 0.25) is 5.13 Å². The van der Waals surface area contributed by atoms with Crippen LogP contribution in [0.2, 0.25) is 0 Å². The quantitative estimate of drug-likeness (QED) is 0.452. The number of anilines is 1. The molecule has 7 heteroatoms. The number of nitrogens with zero attached hydrogens (tertiary/aromatic N) is 2. The second-order valence-electron chi connectivity index (χ2n) is 5.48. The molecule has 0 saturated heterocycles. The maximum absolute atomic E-state index is 5.43. The second-order valence-corrected chi connectivity index (χ2v) is 6.34. The Morgan fingerprint density at radius 3 is 2.56 bits per heavy atom. The summed E-state index contributed by atoms with van der Waals surface area (Å²) in [5, 5.41) is 6.92. The minimum absolute atomic E-state index is 0.654. The van der Waals surface area contributed by atoms with Crippen LogP contribution in [0.25, 0.3) is 11.3 Å². The van der Waals surface area contributed by atoms with E-state index in [0.717, 1.165) is 22.6 Å². The first kappa shape index (κ1) is 18.7. The van der Waals surface area contributed by atoms with Crippen molar-refractivity contribution in [2.45, 2.75) is 6.92 Å². The van der Waals surface area contributed by atoms with Crippen molar-refractivity contribution in [2.75, 3.05) is 26.3 Å². The van der Waals surface area contributed by atoms with E-state index in [0.29, 0.717) is 23.2 Å². The van der Waals surface area contributed by atoms with Crippen LogP contribution in [0.1, 0.15) is 12.5 Å². The molecule has 0 bridgehead atoms. The Morgan fingerprint density at radius 2 is 1.85 bits per heavy atom. The Hall–Kier alpha value is -3.06. The smallest absolute Gasteiger partial charge is 0.203 e. The number of nitrogens with one attached hydrogen (secondary N) is 1. The van der Waals surface area contributed by atoms with E-state index in [1.165, 1.54) is 11.3 Å². The topological polar surface area (TPSA) is 65.0 Å². The maximum Gasteiger partial charge on any atom is 0.203 e. The van der Waals surface area contributed by atoms with Gasteiger partial charge in [-0.1, -0.05) is 0 Å². The van der Waals surface area contributed by atoms with Crippen LogP contribution in [-0.4, -0.2) is 32.0 Å². The van der Waals surface area contributed by atoms with Gasteiger partial charge < -0.3 is 14.2 Å². The fourth-order valence-electron chi connectivity index (χ4n) is 2.43. The SMILES string of the molecule is CCOc1ccc(C=NNc2nc(-c3ccc(OC)c(OC)c3)cs2)cc1. The molecule has 0 fully saturated rings. The predicted octanol–water partition coefficient (Wildman–Crippen LogP) is 4.67. The van der Waals surface area contributed by atoms with Gasteiger partial charge in [0.25, 0.3) is 0 Å². The summed E-state index contributed by atoms with van der Waals surface area (Å²) in [6.07, 6.45) is 1.74. The number of thiazole rings is 1. The van der Waals surface area contributed by atoms with Gasteiger partial charge in [-0.25, -0.2) is 4.98 Å². The molecule has 27 heavy (non-hydrogen) atoms. The third-order valence-electron chi connectivity index (χ3n) is 3.75. The van der Waals surface area contributed by atoms with Gasteiger partial charge in [-0.3, -0.25) is 5.43 Å². The molecule has 1 heterocycles. The zero-order chi connectivity index (χ0) is 19.1. The number of ether oxygens (including phenoxy) is 3. The lowest BCUT2D eigenvalue weighted by Crippen LogP contribution is -1.93. The Bertz CT molecular complexity index is 907. The fraction of sp³-hybridized carbons (Fsp3) is 0.200. The van der Waals surface area contributed by atoms with Crippen molar-refractivity contribution >= 4 is 22.7 Å². The van der Waals surface area contributed by atoms with E-state index in [2.05, 4.69) is 15.5 Å². The minimum atomic E-state index is 0.654. The van der Waals surface area contributed by atoms with Gasteiger partial charge in [-0.2, -0.15) is 5.10 Å². The normalized spacial score (nSPS) is 10.8. The zero-order valence-electron chi connectivity index (χ0n) is 15.4. The van der Waals surface area contributed by atoms with Crippen molar-refractivity contribution < 1.29 is 14.2 Å². The number of aromatic nitrogens is 1. The summed E-state index contributed by atoms with van der Waals surface area (Å²) in [6, 6.07) is 13.5. The summed E-state index contributed by atoms with van der Waals surface area (Å²) in [6.45, 7) is 2.62. The van der Waals surface area contributed by atoms with E-state index in [4.69, 9.17) is 14.2 Å². The summed E-state index contributed by atoms with van der Waals surface area (Å²) in [5.41, 5.74) is 5.74. The van der Waals surface area contributed by atoms with Crippen molar-refractivity contribution in [3.05, 3.63) is 53.4 Å². The molecule has 3 aromatic rings. The predicted molar refractivity (Wildman–Crippen MR) is 109 cm³/mol. The standard InChI is InChI=1S/C20H21N3O3S/c1-4-26-16-8-5-14(6-9-16)12-21-23-20-22-17(13-27-20)15-7-10-18(24-2)19(11-15)25-3/h5-13H,4H2,1-3H3,(H,22,23). The minimum Gasteiger partial charge on any atom is -0.494 e. The molecule has 0 atom stereocenters. The van der Waals surface area contributed by atoms with Crippen molar-refractivity contribution in [1.29, 1.82) is 0 Å². The lowest BCUT2D eigenvalue weighted by Gasteiger charge is -2.08. The highest BCUT2D eigenvalue weighted by Gasteiger charge is 2.09. The molecule has 0 aliphatic carbocycles. The van der Waals surface area contributed by atoms with Crippen LogP contribution in [0.3, 0.4) is 0 Å². The van der Waals surface area contributed by atoms with Crippen molar-refractivity contribution in [2.24, 2.45) is 5.10 Å². The van der Waals surface area contributed by atoms with Crippen LogP contribution >= 0.6 is 11.3 Å². The fourth-order valence-corrected chi connectivity index (χ4v) is 3.10. The van der Waals surface area contributed by atoms with Crippen molar-refractivity contribution in [3.8, 4) is 28.5 Å². The van der Waals surface area contributed by atoms with E-state index >= 15 is 0 Å². The first-order chi connectivity index (χ1) is 13.2. The Balaban J connectivity index is 1.65. The summed E-state index contributed by atoms with van der Waals surface area (Å²) < 4.78 is 16.0. The molecule has 0 spiro atoms. The molecule has 0 saturated carbocycles. The summed E-state index contributed by atoms with van der Waals surface area (Å²) in [4.78, 5) is 4.56. The third-order valence-corrected chi connectivity index (χ3v) is 4.50. The van der Waals surface area contributed by atoms with Gasteiger partial charge in [0.1, 0.15) is 5.75 Å². The molecule has 0 radical (unpaired) electrons. The molecule has 1 aromatic heterocycles. The number of benzene rings is 2.